The molecule has 3 aromatic rings. The van der Waals surface area contributed by atoms with Crippen molar-refractivity contribution in [1.29, 1.82) is 5.26 Å². The number of benzene rings is 3. The first kappa shape index (κ1) is 16.5. The minimum atomic E-state index is -0.521. The summed E-state index contributed by atoms with van der Waals surface area (Å²) in [5, 5.41) is 11.2. The highest BCUT2D eigenvalue weighted by Gasteiger charge is 2.12. The monoisotopic (exact) mass is 348 g/mol. The van der Waals surface area contributed by atoms with Crippen molar-refractivity contribution in [2.24, 2.45) is 16.5 Å². The maximum atomic E-state index is 12.1. The topological polar surface area (TPSA) is 105 Å². The minimum Gasteiger partial charge on any atom is -0.370 e. The van der Waals surface area contributed by atoms with Crippen LogP contribution >= 0.6 is 11.6 Å². The van der Waals surface area contributed by atoms with Gasteiger partial charge in [-0.2, -0.15) is 10.3 Å². The van der Waals surface area contributed by atoms with E-state index >= 15 is 0 Å². The van der Waals surface area contributed by atoms with Gasteiger partial charge in [-0.1, -0.05) is 35.9 Å². The van der Waals surface area contributed by atoms with E-state index in [9.17, 15) is 4.79 Å². The zero-order valence-corrected chi connectivity index (χ0v) is 13.8. The third-order valence-corrected chi connectivity index (χ3v) is 4.07. The second-order valence-electron chi connectivity index (χ2n) is 5.39. The summed E-state index contributed by atoms with van der Waals surface area (Å²) in [6.45, 7) is 0. The molecule has 5 nitrogen and oxygen atoms in total. The number of nitrogens with two attached hydrogens (primary N) is 2. The number of rotatable bonds is 2. The Balaban J connectivity index is 2.22. The van der Waals surface area contributed by atoms with Gasteiger partial charge in [0.25, 0.3) is 5.91 Å². The Labute approximate surface area is 149 Å². The molecule has 122 valence electrons. The maximum Gasteiger partial charge on any atom is 0.280 e. The van der Waals surface area contributed by atoms with Gasteiger partial charge in [0.2, 0.25) is 0 Å². The Morgan fingerprint density at radius 1 is 1.04 bits per heavy atom. The molecule has 4 N–H and O–H groups in total. The highest BCUT2D eigenvalue weighted by Crippen LogP contribution is 2.36. The predicted octanol–water partition coefficient (Wildman–Crippen LogP) is 3.45. The van der Waals surface area contributed by atoms with Crippen LogP contribution in [-0.2, 0) is 0 Å². The van der Waals surface area contributed by atoms with Crippen LogP contribution in [0.2, 0.25) is 5.02 Å². The van der Waals surface area contributed by atoms with Crippen molar-refractivity contribution in [2.45, 2.75) is 0 Å². The molecule has 0 fully saturated rings. The zero-order chi connectivity index (χ0) is 18.0. The molecule has 25 heavy (non-hydrogen) atoms. The molecule has 3 aromatic carbocycles. The van der Waals surface area contributed by atoms with E-state index in [1.165, 1.54) is 0 Å². The summed E-state index contributed by atoms with van der Waals surface area (Å²) in [6.07, 6.45) is 0. The first-order chi connectivity index (χ1) is 12.0. The number of aliphatic imine (C=N–C) groups is 1. The molecular weight excluding hydrogens is 336 g/mol. The van der Waals surface area contributed by atoms with Gasteiger partial charge in [-0.15, -0.1) is 0 Å². The van der Waals surface area contributed by atoms with E-state index in [4.69, 9.17) is 28.3 Å². The number of fused-ring (bicyclic) bond motifs is 1. The lowest BCUT2D eigenvalue weighted by molar-refractivity contribution is 0.100. The number of amides is 1. The second kappa shape index (κ2) is 6.63. The van der Waals surface area contributed by atoms with Crippen LogP contribution in [0, 0.1) is 11.3 Å². The summed E-state index contributed by atoms with van der Waals surface area (Å²) < 4.78 is 0. The Bertz CT molecular complexity index is 1050. The van der Waals surface area contributed by atoms with Crippen molar-refractivity contribution in [2.75, 3.05) is 0 Å². The molecule has 0 saturated heterocycles. The van der Waals surface area contributed by atoms with Gasteiger partial charge in [-0.25, -0.2) is 0 Å². The fourth-order valence-electron chi connectivity index (χ4n) is 2.61. The Kier molecular flexibility index (Phi) is 4.38. The Morgan fingerprint density at radius 3 is 2.36 bits per heavy atom. The Hall–Kier alpha value is -3.36. The number of guanidine groups is 1. The number of halogens is 1. The molecule has 0 saturated carbocycles. The summed E-state index contributed by atoms with van der Waals surface area (Å²) in [7, 11) is 0. The van der Waals surface area contributed by atoms with Gasteiger partial charge >= 0.3 is 0 Å². The fourth-order valence-corrected chi connectivity index (χ4v) is 2.89. The number of carbonyl (C=O) groups excluding carboxylic acids is 1. The van der Waals surface area contributed by atoms with Gasteiger partial charge in [0.15, 0.2) is 5.96 Å². The number of nitriles is 1. The first-order valence-electron chi connectivity index (χ1n) is 7.36. The number of hydrogen-bond donors (Lipinski definition) is 2. The molecule has 1 amide bonds. The lowest BCUT2D eigenvalue weighted by Crippen LogP contribution is -2.24. The second-order valence-corrected chi connectivity index (χ2v) is 5.80. The van der Waals surface area contributed by atoms with E-state index in [-0.39, 0.29) is 5.96 Å². The van der Waals surface area contributed by atoms with Crippen molar-refractivity contribution in [3.8, 4) is 17.2 Å². The van der Waals surface area contributed by atoms with Gasteiger partial charge < -0.3 is 11.5 Å². The van der Waals surface area contributed by atoms with Crippen LogP contribution in [0.5, 0.6) is 0 Å². The SMILES string of the molecule is N#Cc1ccc(-c2c(Cl)ccc3ccc(C(=O)N=C(N)N)cc23)cc1. The van der Waals surface area contributed by atoms with Crippen molar-refractivity contribution in [1.82, 2.24) is 0 Å². The van der Waals surface area contributed by atoms with Crippen molar-refractivity contribution in [3.05, 3.63) is 70.7 Å². The third kappa shape index (κ3) is 3.30. The van der Waals surface area contributed by atoms with Crippen molar-refractivity contribution >= 4 is 34.2 Å². The lowest BCUT2D eigenvalue weighted by Gasteiger charge is -2.11. The van der Waals surface area contributed by atoms with Crippen LogP contribution in [0.15, 0.2) is 59.6 Å². The largest absolute Gasteiger partial charge is 0.370 e. The highest BCUT2D eigenvalue weighted by molar-refractivity contribution is 6.35. The molecule has 3 rings (SSSR count). The zero-order valence-electron chi connectivity index (χ0n) is 13.0. The molecule has 6 heteroatoms. The lowest BCUT2D eigenvalue weighted by atomic mass is 9.96. The highest BCUT2D eigenvalue weighted by atomic mass is 35.5. The van der Waals surface area contributed by atoms with Gasteiger partial charge in [0.05, 0.1) is 11.6 Å². The molecule has 0 aromatic heterocycles. The van der Waals surface area contributed by atoms with Gasteiger partial charge in [-0.05, 0) is 46.7 Å². The van der Waals surface area contributed by atoms with Crippen LogP contribution in [0.4, 0.5) is 0 Å². The molecule has 0 aliphatic rings. The van der Waals surface area contributed by atoms with Gasteiger partial charge in [0, 0.05) is 16.1 Å². The molecule has 0 aliphatic carbocycles. The quantitative estimate of drug-likeness (QED) is 0.546. The van der Waals surface area contributed by atoms with E-state index in [0.717, 1.165) is 21.9 Å². The molecule has 0 atom stereocenters. The van der Waals surface area contributed by atoms with E-state index in [2.05, 4.69) is 11.1 Å². The predicted molar refractivity (Wildman–Crippen MR) is 99.2 cm³/mol. The third-order valence-electron chi connectivity index (χ3n) is 3.75. The average Bonchev–Trinajstić information content (AvgIpc) is 2.60. The maximum absolute atomic E-state index is 12.1. The van der Waals surface area contributed by atoms with Crippen LogP contribution in [0.25, 0.3) is 21.9 Å². The van der Waals surface area contributed by atoms with Crippen molar-refractivity contribution in [3.63, 3.8) is 0 Å². The number of hydrogen-bond acceptors (Lipinski definition) is 2. The summed E-state index contributed by atoms with van der Waals surface area (Å²) in [4.78, 5) is 15.7. The summed E-state index contributed by atoms with van der Waals surface area (Å²) >= 11 is 6.41. The molecule has 0 aliphatic heterocycles. The van der Waals surface area contributed by atoms with Crippen LogP contribution in [0.1, 0.15) is 15.9 Å². The fraction of sp³-hybridized carbons (Fsp3) is 0. The van der Waals surface area contributed by atoms with E-state index < -0.39 is 5.91 Å². The Morgan fingerprint density at radius 2 is 1.72 bits per heavy atom. The summed E-state index contributed by atoms with van der Waals surface area (Å²) in [5.41, 5.74) is 13.1. The number of nitrogens with zero attached hydrogens (tertiary/aromatic N) is 2. The smallest absolute Gasteiger partial charge is 0.280 e. The summed E-state index contributed by atoms with van der Waals surface area (Å²) in [6, 6.07) is 18.0. The standard InChI is InChI=1S/C19H13ClN4O/c20-16-8-7-12-5-6-14(18(25)24-19(22)23)9-15(12)17(16)13-3-1-11(10-21)2-4-13/h1-9H,(H4,22,23,24,25). The van der Waals surface area contributed by atoms with Gasteiger partial charge in [0.1, 0.15) is 0 Å². The van der Waals surface area contributed by atoms with Crippen LogP contribution < -0.4 is 11.5 Å². The van der Waals surface area contributed by atoms with E-state index in [0.29, 0.717) is 16.1 Å². The van der Waals surface area contributed by atoms with Gasteiger partial charge in [-0.3, -0.25) is 4.79 Å². The van der Waals surface area contributed by atoms with Crippen LogP contribution in [-0.4, -0.2) is 11.9 Å². The first-order valence-corrected chi connectivity index (χ1v) is 7.74. The van der Waals surface area contributed by atoms with Crippen LogP contribution in [0.3, 0.4) is 0 Å². The molecular formula is C19H13ClN4O. The molecule has 0 bridgehead atoms. The molecule has 0 radical (unpaired) electrons. The van der Waals surface area contributed by atoms with E-state index in [1.807, 2.05) is 24.3 Å². The van der Waals surface area contributed by atoms with Crippen molar-refractivity contribution < 1.29 is 4.79 Å². The molecule has 0 spiro atoms. The minimum absolute atomic E-state index is 0.288. The van der Waals surface area contributed by atoms with E-state index in [1.54, 1.807) is 30.3 Å². The molecule has 0 heterocycles. The normalized spacial score (nSPS) is 10.2. The summed E-state index contributed by atoms with van der Waals surface area (Å²) in [5.74, 6) is -0.809. The number of carbonyl (C=O) groups is 1. The average molecular weight is 349 g/mol. The molecule has 0 unspecified atom stereocenters.